The van der Waals surface area contributed by atoms with Crippen LogP contribution in [-0.2, 0) is 11.2 Å². The van der Waals surface area contributed by atoms with Crippen molar-refractivity contribution in [2.45, 2.75) is 27.2 Å². The number of aromatic amines is 1. The number of ether oxygens (including phenoxy) is 1. The first kappa shape index (κ1) is 14.0. The number of anilines is 1. The maximum Gasteiger partial charge on any atom is 0.363 e. The van der Waals surface area contributed by atoms with Crippen LogP contribution >= 0.6 is 0 Å². The molecule has 0 aliphatic carbocycles. The third kappa shape index (κ3) is 2.79. The van der Waals surface area contributed by atoms with E-state index in [9.17, 15) is 14.8 Å². The summed E-state index contributed by atoms with van der Waals surface area (Å²) in [5.74, 6) is -1.03. The van der Waals surface area contributed by atoms with Gasteiger partial charge in [-0.15, -0.1) is 0 Å². The number of nitrogens with two attached hydrogens (primary N) is 1. The molecule has 0 aromatic carbocycles. The Bertz CT molecular complexity index is 508. The largest absolute Gasteiger partial charge is 0.710 e. The van der Waals surface area contributed by atoms with Crippen LogP contribution in [0, 0.1) is 11.1 Å². The van der Waals surface area contributed by atoms with E-state index in [-0.39, 0.29) is 36.2 Å². The summed E-state index contributed by atoms with van der Waals surface area (Å²) in [5, 5.41) is 11.8. The van der Waals surface area contributed by atoms with Gasteiger partial charge in [-0.05, 0) is 12.8 Å². The third-order valence-corrected chi connectivity index (χ3v) is 2.30. The van der Waals surface area contributed by atoms with Gasteiger partial charge < -0.3 is 14.9 Å². The van der Waals surface area contributed by atoms with E-state index in [0.29, 0.717) is 4.73 Å². The number of hydrogen-bond donors (Lipinski definition) is 2. The topological polar surface area (TPSA) is 112 Å². The Morgan fingerprint density at radius 2 is 2.17 bits per heavy atom. The molecule has 1 aromatic heterocycles. The molecule has 18 heavy (non-hydrogen) atoms. The van der Waals surface area contributed by atoms with Crippen molar-refractivity contribution in [3.8, 4) is 0 Å². The predicted molar refractivity (Wildman–Crippen MR) is 64.9 cm³/mol. The van der Waals surface area contributed by atoms with Crippen molar-refractivity contribution in [3.05, 3.63) is 26.9 Å². The molecule has 7 nitrogen and oxygen atoms in total. The summed E-state index contributed by atoms with van der Waals surface area (Å²) in [6.07, 6.45) is 0.284. The van der Waals surface area contributed by atoms with Crippen molar-refractivity contribution in [2.75, 3.05) is 12.3 Å². The normalized spacial score (nSPS) is 10.7. The number of aromatic nitrogens is 2. The molecule has 0 saturated carbocycles. The highest BCUT2D eigenvalue weighted by Gasteiger charge is 2.22. The van der Waals surface area contributed by atoms with E-state index < -0.39 is 11.5 Å². The number of H-pyrrole nitrogens is 1. The Balaban J connectivity index is 3.28. The number of hydrogen-bond acceptors (Lipinski definition) is 5. The van der Waals surface area contributed by atoms with Gasteiger partial charge in [0.05, 0.1) is 6.61 Å². The molecule has 0 aliphatic rings. The van der Waals surface area contributed by atoms with Crippen LogP contribution in [-0.4, -0.2) is 17.6 Å². The van der Waals surface area contributed by atoms with Gasteiger partial charge in [0, 0.05) is 6.42 Å². The zero-order valence-corrected chi connectivity index (χ0v) is 10.6. The van der Waals surface area contributed by atoms with E-state index in [0.717, 1.165) is 0 Å². The summed E-state index contributed by atoms with van der Waals surface area (Å²) < 4.78 is 5.00. The lowest BCUT2D eigenvalue weighted by atomic mass is 10.1. The van der Waals surface area contributed by atoms with Crippen LogP contribution in [0.5, 0.6) is 0 Å². The van der Waals surface area contributed by atoms with E-state index >= 15 is 0 Å². The average molecular weight is 255 g/mol. The first-order valence-corrected chi connectivity index (χ1v) is 5.69. The molecule has 0 atom stereocenters. The van der Waals surface area contributed by atoms with Gasteiger partial charge in [0.15, 0.2) is 5.69 Å². The fourth-order valence-corrected chi connectivity index (χ4v) is 1.51. The van der Waals surface area contributed by atoms with Crippen molar-refractivity contribution in [1.29, 1.82) is 0 Å². The van der Waals surface area contributed by atoms with Crippen molar-refractivity contribution >= 4 is 11.8 Å². The molecular weight excluding hydrogens is 238 g/mol. The standard InChI is InChI=1S/C11H17N3O4/c1-4-18-11(16)8-9(12)14(17)7(5-6(2)3)10(15)13-8/h6H,4-5,12H2,1-3H3,(H,13,15). The van der Waals surface area contributed by atoms with Gasteiger partial charge in [0.1, 0.15) is 0 Å². The van der Waals surface area contributed by atoms with Gasteiger partial charge in [0.2, 0.25) is 5.69 Å². The van der Waals surface area contributed by atoms with E-state index in [2.05, 4.69) is 4.98 Å². The molecule has 0 unspecified atom stereocenters. The zero-order chi connectivity index (χ0) is 13.9. The molecule has 0 fully saturated rings. The summed E-state index contributed by atoms with van der Waals surface area (Å²) >= 11 is 0. The summed E-state index contributed by atoms with van der Waals surface area (Å²) in [6, 6.07) is 0. The summed E-state index contributed by atoms with van der Waals surface area (Å²) in [5.41, 5.74) is 4.62. The Labute approximate surface area is 104 Å². The molecular formula is C11H17N3O4. The molecule has 1 aromatic rings. The van der Waals surface area contributed by atoms with E-state index in [1.54, 1.807) is 6.92 Å². The predicted octanol–water partition coefficient (Wildman–Crippen LogP) is -0.0343. The molecule has 3 N–H and O–H groups in total. The van der Waals surface area contributed by atoms with Crippen LogP contribution < -0.4 is 16.0 Å². The fourth-order valence-electron chi connectivity index (χ4n) is 1.51. The minimum absolute atomic E-state index is 0.00412. The Hall–Kier alpha value is -2.05. The highest BCUT2D eigenvalue weighted by molar-refractivity contribution is 5.91. The maximum atomic E-state index is 11.8. The second-order valence-corrected chi connectivity index (χ2v) is 4.27. The summed E-state index contributed by atoms with van der Waals surface area (Å²) in [6.45, 7) is 5.49. The van der Waals surface area contributed by atoms with Crippen LogP contribution in [0.3, 0.4) is 0 Å². The first-order valence-electron chi connectivity index (χ1n) is 5.69. The minimum Gasteiger partial charge on any atom is -0.710 e. The molecule has 100 valence electrons. The SMILES string of the molecule is CCOC(=O)c1[nH]c(=O)c(CC(C)C)[n+]([O-])c1N. The van der Waals surface area contributed by atoms with Gasteiger partial charge in [-0.3, -0.25) is 10.5 Å². The molecule has 0 bridgehead atoms. The lowest BCUT2D eigenvalue weighted by Gasteiger charge is -2.14. The number of carbonyl (C=O) groups is 1. The number of esters is 1. The van der Waals surface area contributed by atoms with Gasteiger partial charge in [0.25, 0.3) is 5.56 Å². The quantitative estimate of drug-likeness (QED) is 0.445. The molecule has 7 heteroatoms. The average Bonchev–Trinajstić information content (AvgIpc) is 2.29. The Morgan fingerprint density at radius 3 is 2.67 bits per heavy atom. The van der Waals surface area contributed by atoms with Gasteiger partial charge in [-0.25, -0.2) is 9.52 Å². The van der Waals surface area contributed by atoms with Gasteiger partial charge >= 0.3 is 11.8 Å². The van der Waals surface area contributed by atoms with E-state index in [1.165, 1.54) is 0 Å². The molecule has 1 heterocycles. The number of nitrogens with one attached hydrogen (secondary N) is 1. The fraction of sp³-hybridized carbons (Fsp3) is 0.545. The van der Waals surface area contributed by atoms with Crippen molar-refractivity contribution < 1.29 is 14.3 Å². The zero-order valence-electron chi connectivity index (χ0n) is 10.6. The smallest absolute Gasteiger partial charge is 0.363 e. The first-order chi connectivity index (χ1) is 8.38. The molecule has 0 aliphatic heterocycles. The van der Waals surface area contributed by atoms with Crippen LogP contribution in [0.2, 0.25) is 0 Å². The van der Waals surface area contributed by atoms with Crippen LogP contribution in [0.15, 0.2) is 4.79 Å². The molecule has 1 rings (SSSR count). The molecule has 0 saturated heterocycles. The summed E-state index contributed by atoms with van der Waals surface area (Å²) in [4.78, 5) is 25.5. The lowest BCUT2D eigenvalue weighted by molar-refractivity contribution is -0.600. The molecule has 0 radical (unpaired) electrons. The second kappa shape index (κ2) is 5.52. The van der Waals surface area contributed by atoms with Crippen molar-refractivity contribution in [2.24, 2.45) is 5.92 Å². The van der Waals surface area contributed by atoms with Gasteiger partial charge in [-0.1, -0.05) is 13.8 Å². The monoisotopic (exact) mass is 255 g/mol. The third-order valence-electron chi connectivity index (χ3n) is 2.30. The lowest BCUT2D eigenvalue weighted by Crippen LogP contribution is -2.45. The second-order valence-electron chi connectivity index (χ2n) is 4.27. The van der Waals surface area contributed by atoms with Crippen molar-refractivity contribution in [1.82, 2.24) is 4.98 Å². The van der Waals surface area contributed by atoms with Crippen LogP contribution in [0.25, 0.3) is 0 Å². The van der Waals surface area contributed by atoms with Crippen LogP contribution in [0.4, 0.5) is 5.82 Å². The Morgan fingerprint density at radius 1 is 1.56 bits per heavy atom. The Kier molecular flexibility index (Phi) is 4.30. The highest BCUT2D eigenvalue weighted by Crippen LogP contribution is 2.06. The minimum atomic E-state index is -0.812. The maximum absolute atomic E-state index is 11.8. The number of nitrogen functional groups attached to an aromatic ring is 1. The number of carbonyl (C=O) groups excluding carboxylic acids is 1. The van der Waals surface area contributed by atoms with Gasteiger partial charge in [-0.2, -0.15) is 0 Å². The van der Waals surface area contributed by atoms with E-state index in [4.69, 9.17) is 10.5 Å². The number of nitrogens with zero attached hydrogens (tertiary/aromatic N) is 1. The molecule has 0 spiro atoms. The van der Waals surface area contributed by atoms with Crippen LogP contribution in [0.1, 0.15) is 37.0 Å². The summed E-state index contributed by atoms with van der Waals surface area (Å²) in [7, 11) is 0. The number of rotatable bonds is 4. The highest BCUT2D eigenvalue weighted by atomic mass is 16.5. The molecule has 0 amide bonds. The van der Waals surface area contributed by atoms with E-state index in [1.807, 2.05) is 13.8 Å². The van der Waals surface area contributed by atoms with Crippen molar-refractivity contribution in [3.63, 3.8) is 0 Å².